The van der Waals surface area contributed by atoms with Gasteiger partial charge in [-0.25, -0.2) is 4.98 Å². The van der Waals surface area contributed by atoms with Crippen LogP contribution >= 0.6 is 0 Å². The molecule has 0 saturated heterocycles. The van der Waals surface area contributed by atoms with Crippen molar-refractivity contribution in [3.8, 4) is 0 Å². The van der Waals surface area contributed by atoms with E-state index in [-0.39, 0.29) is 17.4 Å². The molecule has 1 atom stereocenters. The number of carbonyl (C=O) groups is 2. The summed E-state index contributed by atoms with van der Waals surface area (Å²) in [6, 6.07) is 9.24. The molecule has 3 aliphatic rings. The topological polar surface area (TPSA) is 101 Å². The number of anilines is 2. The summed E-state index contributed by atoms with van der Waals surface area (Å²) < 4.78 is 2.14. The van der Waals surface area contributed by atoms with E-state index in [1.165, 1.54) is 6.42 Å². The number of fused-ring (bicyclic) bond motifs is 5. The third-order valence-corrected chi connectivity index (χ3v) is 6.93. The van der Waals surface area contributed by atoms with Crippen molar-refractivity contribution in [3.05, 3.63) is 47.8 Å². The third kappa shape index (κ3) is 2.89. The molecule has 4 heterocycles. The van der Waals surface area contributed by atoms with E-state index < -0.39 is 6.04 Å². The molecule has 3 N–H and O–H groups in total. The zero-order chi connectivity index (χ0) is 21.0. The first-order valence-corrected chi connectivity index (χ1v) is 11.0. The van der Waals surface area contributed by atoms with Crippen LogP contribution in [-0.2, 0) is 16.8 Å². The van der Waals surface area contributed by atoms with Gasteiger partial charge in [0.2, 0.25) is 11.9 Å². The Hall–Kier alpha value is -3.42. The zero-order valence-corrected chi connectivity index (χ0v) is 17.1. The highest BCUT2D eigenvalue weighted by Gasteiger charge is 2.41. The Morgan fingerprint density at radius 2 is 1.97 bits per heavy atom. The minimum absolute atomic E-state index is 0.0630. The molecule has 158 valence electrons. The number of rotatable bonds is 2. The number of para-hydroxylation sites is 1. The Morgan fingerprint density at radius 1 is 1.13 bits per heavy atom. The van der Waals surface area contributed by atoms with Gasteiger partial charge in [0, 0.05) is 30.2 Å². The molecular weight excluding hydrogens is 392 g/mol. The van der Waals surface area contributed by atoms with Crippen LogP contribution in [0.5, 0.6) is 0 Å². The Labute approximate surface area is 179 Å². The minimum Gasteiger partial charge on any atom is -0.348 e. The molecule has 8 heteroatoms. The molecule has 8 nitrogen and oxygen atoms in total. The number of amides is 2. The molecule has 0 bridgehead atoms. The van der Waals surface area contributed by atoms with Gasteiger partial charge in [-0.15, -0.1) is 0 Å². The smallest absolute Gasteiger partial charge is 0.268 e. The number of hydrogen-bond donors (Lipinski definition) is 3. The normalized spacial score (nSPS) is 21.9. The maximum atomic E-state index is 12.6. The lowest BCUT2D eigenvalue weighted by Crippen LogP contribution is -2.52. The summed E-state index contributed by atoms with van der Waals surface area (Å²) in [6.45, 7) is 0.636. The molecule has 0 radical (unpaired) electrons. The van der Waals surface area contributed by atoms with E-state index in [9.17, 15) is 9.59 Å². The number of nitrogens with zero attached hydrogens (tertiary/aromatic N) is 3. The minimum atomic E-state index is -0.449. The van der Waals surface area contributed by atoms with E-state index in [1.807, 2.05) is 30.3 Å². The standard InChI is InChI=1S/C23H24N6O2/c30-20-17(10-14-6-2-3-7-16(14)26-20)27-22-24-12-15-11-18-21(31)25-13-23(8-4-1-5-9-23)29(18)19(15)28-22/h2-3,6-7,11-12,17H,1,4-5,8-10,13H2,(H,25,31)(H,26,30)(H,24,27,28). The van der Waals surface area contributed by atoms with E-state index in [0.717, 1.165) is 48.0 Å². The second kappa shape index (κ2) is 6.80. The van der Waals surface area contributed by atoms with Gasteiger partial charge in [0.1, 0.15) is 17.4 Å². The van der Waals surface area contributed by atoms with Crippen molar-refractivity contribution in [2.24, 2.45) is 0 Å². The van der Waals surface area contributed by atoms with Crippen molar-refractivity contribution < 1.29 is 9.59 Å². The van der Waals surface area contributed by atoms with Crippen molar-refractivity contribution in [2.45, 2.75) is 50.1 Å². The quantitative estimate of drug-likeness (QED) is 0.596. The number of hydrogen-bond acceptors (Lipinski definition) is 5. The summed E-state index contributed by atoms with van der Waals surface area (Å²) in [7, 11) is 0. The Bertz CT molecular complexity index is 1210. The molecule has 1 spiro atoms. The first-order chi connectivity index (χ1) is 15.1. The van der Waals surface area contributed by atoms with Crippen LogP contribution in [0.4, 0.5) is 11.6 Å². The second-order valence-corrected chi connectivity index (χ2v) is 8.85. The van der Waals surface area contributed by atoms with Gasteiger partial charge in [-0.2, -0.15) is 4.98 Å². The summed E-state index contributed by atoms with van der Waals surface area (Å²) in [5, 5.41) is 10.1. The van der Waals surface area contributed by atoms with Gasteiger partial charge in [-0.05, 0) is 30.5 Å². The molecule has 1 aliphatic carbocycles. The van der Waals surface area contributed by atoms with Crippen LogP contribution in [0.1, 0.15) is 48.2 Å². The SMILES string of the molecule is O=C1NCC2(CCCCC2)n2c1cc1cnc(NC3Cc4ccccc4NC3=O)nc12. The summed E-state index contributed by atoms with van der Waals surface area (Å²) in [5.74, 6) is 0.250. The molecule has 1 aromatic carbocycles. The van der Waals surface area contributed by atoms with Gasteiger partial charge >= 0.3 is 0 Å². The maximum Gasteiger partial charge on any atom is 0.268 e. The van der Waals surface area contributed by atoms with Crippen LogP contribution in [0.2, 0.25) is 0 Å². The van der Waals surface area contributed by atoms with E-state index >= 15 is 0 Å². The Balaban J connectivity index is 1.38. The van der Waals surface area contributed by atoms with Crippen LogP contribution in [0, 0.1) is 0 Å². The molecule has 2 aromatic heterocycles. The second-order valence-electron chi connectivity index (χ2n) is 8.85. The maximum absolute atomic E-state index is 12.6. The predicted octanol–water partition coefficient (Wildman–Crippen LogP) is 2.81. The molecular formula is C23H24N6O2. The monoisotopic (exact) mass is 416 g/mol. The summed E-state index contributed by atoms with van der Waals surface area (Å²) in [5.41, 5.74) is 3.22. The first kappa shape index (κ1) is 18.4. The predicted molar refractivity (Wildman–Crippen MR) is 117 cm³/mol. The average molecular weight is 416 g/mol. The van der Waals surface area contributed by atoms with E-state index in [0.29, 0.717) is 24.6 Å². The molecule has 3 aromatic rings. The number of aromatic nitrogens is 3. The van der Waals surface area contributed by atoms with Crippen LogP contribution < -0.4 is 16.0 Å². The summed E-state index contributed by atoms with van der Waals surface area (Å²) in [6.07, 6.45) is 7.89. The molecule has 6 rings (SSSR count). The Morgan fingerprint density at radius 3 is 2.84 bits per heavy atom. The van der Waals surface area contributed by atoms with Gasteiger partial charge in [0.15, 0.2) is 0 Å². The highest BCUT2D eigenvalue weighted by molar-refractivity contribution is 6.00. The molecule has 31 heavy (non-hydrogen) atoms. The van der Waals surface area contributed by atoms with Gasteiger partial charge in [-0.1, -0.05) is 37.5 Å². The van der Waals surface area contributed by atoms with Crippen molar-refractivity contribution in [1.29, 1.82) is 0 Å². The van der Waals surface area contributed by atoms with E-state index in [1.54, 1.807) is 6.20 Å². The summed E-state index contributed by atoms with van der Waals surface area (Å²) >= 11 is 0. The summed E-state index contributed by atoms with van der Waals surface area (Å²) in [4.78, 5) is 34.4. The first-order valence-electron chi connectivity index (χ1n) is 11.0. The lowest BCUT2D eigenvalue weighted by Gasteiger charge is -2.42. The highest BCUT2D eigenvalue weighted by Crippen LogP contribution is 2.40. The highest BCUT2D eigenvalue weighted by atomic mass is 16.2. The van der Waals surface area contributed by atoms with Crippen molar-refractivity contribution in [1.82, 2.24) is 19.9 Å². The molecule has 2 aliphatic heterocycles. The average Bonchev–Trinajstić information content (AvgIpc) is 3.18. The fraction of sp³-hybridized carbons (Fsp3) is 0.391. The van der Waals surface area contributed by atoms with E-state index in [4.69, 9.17) is 4.98 Å². The largest absolute Gasteiger partial charge is 0.348 e. The van der Waals surface area contributed by atoms with E-state index in [2.05, 4.69) is 25.5 Å². The lowest BCUT2D eigenvalue weighted by atomic mass is 9.80. The molecule has 1 unspecified atom stereocenters. The fourth-order valence-corrected chi connectivity index (χ4v) is 5.36. The fourth-order valence-electron chi connectivity index (χ4n) is 5.36. The molecule has 1 saturated carbocycles. The Kier molecular flexibility index (Phi) is 4.03. The zero-order valence-electron chi connectivity index (χ0n) is 17.1. The van der Waals surface area contributed by atoms with Crippen molar-refractivity contribution in [2.75, 3.05) is 17.2 Å². The van der Waals surface area contributed by atoms with Crippen molar-refractivity contribution in [3.63, 3.8) is 0 Å². The van der Waals surface area contributed by atoms with Gasteiger partial charge < -0.3 is 20.5 Å². The van der Waals surface area contributed by atoms with Crippen molar-refractivity contribution >= 4 is 34.5 Å². The van der Waals surface area contributed by atoms with Crippen LogP contribution in [-0.4, -0.2) is 38.9 Å². The number of nitrogens with one attached hydrogen (secondary N) is 3. The third-order valence-electron chi connectivity index (χ3n) is 6.93. The number of carbonyl (C=O) groups excluding carboxylic acids is 2. The van der Waals surface area contributed by atoms with Crippen LogP contribution in [0.25, 0.3) is 11.0 Å². The lowest BCUT2D eigenvalue weighted by molar-refractivity contribution is -0.117. The van der Waals surface area contributed by atoms with Gasteiger partial charge in [-0.3, -0.25) is 9.59 Å². The number of benzene rings is 1. The van der Waals surface area contributed by atoms with Gasteiger partial charge in [0.05, 0.1) is 5.54 Å². The molecule has 2 amide bonds. The van der Waals surface area contributed by atoms with Crippen LogP contribution in [0.3, 0.4) is 0 Å². The van der Waals surface area contributed by atoms with Crippen LogP contribution in [0.15, 0.2) is 36.5 Å². The molecule has 1 fully saturated rings. The van der Waals surface area contributed by atoms with Gasteiger partial charge in [0.25, 0.3) is 5.91 Å².